The van der Waals surface area contributed by atoms with Gasteiger partial charge in [0.1, 0.15) is 61.3 Å². The molecule has 1 amide bonds. The van der Waals surface area contributed by atoms with Gasteiger partial charge >= 0.3 is 5.97 Å². The standard InChI is InChI=1S/C15H26O6.C14H20O4.C13H26O2.C12H14O4.C8H12O2.C4H7NO2.C4H8O/c1-2-15(9-16-3-12-6-19-12,10-17-4-13-7-20-13)11-18-5-14-8-21-14;15-14(9-2-4-11-13(6-9)18-11)16-7-8-1-3-10-12(5-8)17-10;1-2-3-4-5-6-7-8-9-10-14-11-13-12-15-13;1-2-9(13-5-11-7-15-11)4-10(3-1)14-6-12-8-16-12;1-2-6-7(10-6)3-5(1)8-4-9-8;1-5-4(6)3-2-7-3;1-2-4-3-5-4/h12-14H,2-11H2,1H3;8-13H,1-7H2;13H,2-12H2,1H3;1-4,11-12H,5-8H2;5-8H,1-4H2;3H,2H2,1H3,(H,5,6);4H,2-3H2,1H3. The summed E-state index contributed by atoms with van der Waals surface area (Å²) in [7, 11) is 1.60. The summed E-state index contributed by atoms with van der Waals surface area (Å²) in [6.45, 7) is 21.7. The molecule has 0 radical (unpaired) electrons. The molecule has 12 heterocycles. The average Bonchev–Trinajstić information content (AvgIpc) is 1.79. The molecule has 16 rings (SSSR count). The van der Waals surface area contributed by atoms with E-state index in [9.17, 15) is 9.59 Å². The molecule has 12 aliphatic heterocycles. The molecule has 0 aromatic heterocycles. The van der Waals surface area contributed by atoms with Gasteiger partial charge in [-0.05, 0) is 101 Å². The van der Waals surface area contributed by atoms with Crippen LogP contribution >= 0.6 is 0 Å². The first-order chi connectivity index (χ1) is 45.1. The first kappa shape index (κ1) is 71.9. The zero-order chi connectivity index (χ0) is 63.7. The van der Waals surface area contributed by atoms with Crippen LogP contribution in [0.15, 0.2) is 24.3 Å². The van der Waals surface area contributed by atoms with Crippen molar-refractivity contribution in [1.82, 2.24) is 5.32 Å². The third-order valence-electron chi connectivity index (χ3n) is 19.0. The van der Waals surface area contributed by atoms with E-state index in [2.05, 4.69) is 30.8 Å². The fraction of sp³-hybridized carbons (Fsp3) is 0.886. The van der Waals surface area contributed by atoms with Gasteiger partial charge in [-0.1, -0.05) is 71.8 Å². The van der Waals surface area contributed by atoms with E-state index < -0.39 is 0 Å². The van der Waals surface area contributed by atoms with Crippen LogP contribution in [-0.4, -0.2) is 243 Å². The molecule has 1 aromatic carbocycles. The predicted molar refractivity (Wildman–Crippen MR) is 337 cm³/mol. The lowest BCUT2D eigenvalue weighted by Crippen LogP contribution is -2.38. The zero-order valence-electron chi connectivity index (χ0n) is 55.9. The maximum Gasteiger partial charge on any atom is 0.309 e. The van der Waals surface area contributed by atoms with Gasteiger partial charge in [-0.25, -0.2) is 0 Å². The molecule has 15 fully saturated rings. The molecular weight excluding hydrogens is 1190 g/mol. The van der Waals surface area contributed by atoms with Gasteiger partial charge in [0.2, 0.25) is 0 Å². The summed E-state index contributed by atoms with van der Waals surface area (Å²) < 4.78 is 101. The van der Waals surface area contributed by atoms with Crippen molar-refractivity contribution in [2.24, 2.45) is 23.2 Å². The number of likely N-dealkylation sites (N-methyl/N-ethyl adjacent to an activating group) is 1. The summed E-state index contributed by atoms with van der Waals surface area (Å²) in [5.41, 5.74) is -0.0985. The molecule has 3 aliphatic carbocycles. The highest BCUT2D eigenvalue weighted by Gasteiger charge is 2.49. The molecule has 22 nitrogen and oxygen atoms in total. The molecule has 3 saturated carbocycles. The largest absolute Gasteiger partial charge is 0.491 e. The predicted octanol–water partition coefficient (Wildman–Crippen LogP) is 7.96. The first-order valence-electron chi connectivity index (χ1n) is 35.7. The Labute approximate surface area is 547 Å². The lowest BCUT2D eigenvalue weighted by molar-refractivity contribution is -0.151. The molecule has 12 saturated heterocycles. The van der Waals surface area contributed by atoms with Crippen molar-refractivity contribution in [2.75, 3.05) is 139 Å². The summed E-state index contributed by atoms with van der Waals surface area (Å²) in [6.07, 6.45) is 29.3. The molecule has 18 unspecified atom stereocenters. The van der Waals surface area contributed by atoms with E-state index in [0.717, 1.165) is 128 Å². The summed E-state index contributed by atoms with van der Waals surface area (Å²) >= 11 is 0. The third-order valence-corrected chi connectivity index (χ3v) is 19.0. The van der Waals surface area contributed by atoms with Gasteiger partial charge in [-0.15, -0.1) is 0 Å². The SMILES string of the molecule is C1CC2OC2CC1C1CO1.CCC(COCC1CO1)(COCC1CO1)COCC1CO1.CCC1CO1.CCCCCCCCCCOCC1CO1.CNC(=O)C1CO1.O=C(OCC1CCC2OC2C1)C1CCC2OC2C1.c1cc(OCC2CO2)cc(OCC2CO2)c1. The van der Waals surface area contributed by atoms with Crippen LogP contribution in [0.4, 0.5) is 0 Å². The number of benzene rings is 1. The number of esters is 1. The number of unbranched alkanes of at least 4 members (excludes halogenated alkanes) is 7. The van der Waals surface area contributed by atoms with Crippen LogP contribution in [0.2, 0.25) is 0 Å². The van der Waals surface area contributed by atoms with E-state index in [4.69, 9.17) is 85.3 Å². The van der Waals surface area contributed by atoms with E-state index in [1.54, 1.807) is 7.05 Å². The van der Waals surface area contributed by atoms with Crippen molar-refractivity contribution in [3.8, 4) is 11.5 Å². The molecule has 1 N–H and O–H groups in total. The summed E-state index contributed by atoms with van der Waals surface area (Å²) in [4.78, 5) is 22.3. The van der Waals surface area contributed by atoms with Crippen molar-refractivity contribution < 1.29 is 99.6 Å². The Morgan fingerprint density at radius 2 is 0.946 bits per heavy atom. The second kappa shape index (κ2) is 38.3. The van der Waals surface area contributed by atoms with Crippen molar-refractivity contribution in [1.29, 1.82) is 0 Å². The minimum Gasteiger partial charge on any atom is -0.491 e. The highest BCUT2D eigenvalue weighted by Crippen LogP contribution is 2.44. The van der Waals surface area contributed by atoms with E-state index in [1.165, 1.54) is 77.0 Å². The fourth-order valence-corrected chi connectivity index (χ4v) is 11.6. The van der Waals surface area contributed by atoms with Crippen LogP contribution in [0.1, 0.15) is 143 Å². The fourth-order valence-electron chi connectivity index (χ4n) is 11.6. The number of carbonyl (C=O) groups is 2. The second-order valence-electron chi connectivity index (χ2n) is 27.5. The summed E-state index contributed by atoms with van der Waals surface area (Å²) in [5.74, 6) is 3.08. The highest BCUT2D eigenvalue weighted by molar-refractivity contribution is 5.82. The maximum absolute atomic E-state index is 12.0. The summed E-state index contributed by atoms with van der Waals surface area (Å²) in [5, 5.41) is 2.46. The number of fused-ring (bicyclic) bond motifs is 3. The average molecular weight is 1300 g/mol. The van der Waals surface area contributed by atoms with Crippen molar-refractivity contribution >= 4 is 11.9 Å². The van der Waals surface area contributed by atoms with Crippen LogP contribution < -0.4 is 14.8 Å². The van der Waals surface area contributed by atoms with Crippen LogP contribution in [0.5, 0.6) is 11.5 Å². The lowest BCUT2D eigenvalue weighted by atomic mass is 9.87. The topological polar surface area (TPSA) is 261 Å². The first-order valence-corrected chi connectivity index (χ1v) is 35.7. The number of nitrogens with one attached hydrogen (secondary N) is 1. The second-order valence-corrected chi connectivity index (χ2v) is 27.5. The minimum atomic E-state index is -0.134. The molecule has 92 heavy (non-hydrogen) atoms. The minimum absolute atomic E-state index is 0.00258. The number of amides is 1. The van der Waals surface area contributed by atoms with Crippen LogP contribution in [0, 0.1) is 23.2 Å². The Morgan fingerprint density at radius 3 is 1.37 bits per heavy atom. The van der Waals surface area contributed by atoms with E-state index >= 15 is 0 Å². The Hall–Kier alpha value is -2.88. The van der Waals surface area contributed by atoms with Gasteiger partial charge in [0, 0.05) is 25.1 Å². The molecule has 1 aromatic rings. The number of carbonyl (C=O) groups excluding carboxylic acids is 2. The molecule has 15 aliphatic rings. The number of hydrogen-bond acceptors (Lipinski definition) is 21. The molecular formula is C70H113NO21. The highest BCUT2D eigenvalue weighted by atomic mass is 16.6. The molecule has 18 atom stereocenters. The maximum atomic E-state index is 12.0. The van der Waals surface area contributed by atoms with Gasteiger partial charge < -0.3 is 95.3 Å². The Kier molecular flexibility index (Phi) is 29.9. The number of hydrogen-bond donors (Lipinski definition) is 1. The van der Waals surface area contributed by atoms with Gasteiger partial charge in [-0.2, -0.15) is 0 Å². The van der Waals surface area contributed by atoms with Gasteiger partial charge in [0.15, 0.2) is 6.10 Å². The summed E-state index contributed by atoms with van der Waals surface area (Å²) in [6, 6.07) is 7.66. The third kappa shape index (κ3) is 30.3. The molecule has 524 valence electrons. The Bertz CT molecular complexity index is 2160. The number of ether oxygens (including phenoxy) is 19. The zero-order valence-corrected chi connectivity index (χ0v) is 55.9. The van der Waals surface area contributed by atoms with Crippen molar-refractivity contribution in [3.05, 3.63) is 24.3 Å². The van der Waals surface area contributed by atoms with Crippen LogP contribution in [0.25, 0.3) is 0 Å². The monoisotopic (exact) mass is 1300 g/mol. The van der Waals surface area contributed by atoms with Gasteiger partial charge in [0.05, 0.1) is 167 Å². The van der Waals surface area contributed by atoms with Crippen molar-refractivity contribution in [2.45, 2.75) is 234 Å². The van der Waals surface area contributed by atoms with Crippen LogP contribution in [-0.2, 0) is 90.1 Å². The quantitative estimate of drug-likeness (QED) is 0.0379. The Morgan fingerprint density at radius 1 is 0.478 bits per heavy atom. The van der Waals surface area contributed by atoms with Gasteiger partial charge in [-0.3, -0.25) is 9.59 Å². The lowest BCUT2D eigenvalue weighted by Gasteiger charge is -2.32. The van der Waals surface area contributed by atoms with Crippen molar-refractivity contribution in [3.63, 3.8) is 0 Å². The van der Waals surface area contributed by atoms with E-state index in [1.807, 2.05) is 24.3 Å². The van der Waals surface area contributed by atoms with E-state index in [0.29, 0.717) is 145 Å². The Balaban J connectivity index is 0.000000122. The van der Waals surface area contributed by atoms with Crippen LogP contribution in [0.3, 0.4) is 0 Å². The number of rotatable bonds is 36. The normalized spacial score (nSPS) is 34.9. The number of epoxide rings is 12. The smallest absolute Gasteiger partial charge is 0.309 e. The van der Waals surface area contributed by atoms with Gasteiger partial charge in [0.25, 0.3) is 5.91 Å². The molecule has 22 heteroatoms. The van der Waals surface area contributed by atoms with E-state index in [-0.39, 0.29) is 41.5 Å². The molecule has 0 spiro atoms. The molecule has 0 bridgehead atoms.